The topological polar surface area (TPSA) is 0 Å². The molecule has 0 N–H and O–H groups in total. The van der Waals surface area contributed by atoms with Crippen molar-refractivity contribution in [2.45, 2.75) is 12.8 Å². The van der Waals surface area contributed by atoms with E-state index in [2.05, 4.69) is 115 Å². The van der Waals surface area contributed by atoms with Gasteiger partial charge in [0.05, 0.1) is 0 Å². The van der Waals surface area contributed by atoms with Gasteiger partial charge in [-0.3, -0.25) is 6.08 Å². The Balaban J connectivity index is 0.000000264. The second-order valence-electron chi connectivity index (χ2n) is 7.37. The van der Waals surface area contributed by atoms with Gasteiger partial charge in [0.25, 0.3) is 0 Å². The molecule has 0 atom stereocenters. The Labute approximate surface area is 238 Å². The molecule has 0 aliphatic heterocycles. The van der Waals surface area contributed by atoms with Crippen molar-refractivity contribution in [1.29, 1.82) is 0 Å². The van der Waals surface area contributed by atoms with Crippen LogP contribution in [-0.4, -0.2) is 9.52 Å². The van der Waals surface area contributed by atoms with E-state index in [0.717, 1.165) is 12.8 Å². The molecule has 4 aromatic rings. The van der Waals surface area contributed by atoms with Crippen LogP contribution in [0.3, 0.4) is 0 Å². The van der Waals surface area contributed by atoms with Gasteiger partial charge < -0.3 is 24.8 Å². The molecule has 0 saturated carbocycles. The van der Waals surface area contributed by atoms with E-state index in [0.29, 0.717) is 0 Å². The van der Waals surface area contributed by atoms with E-state index in [-0.39, 0.29) is 60.5 Å². The third-order valence-corrected chi connectivity index (χ3v) is 6.57. The predicted octanol–water partition coefficient (Wildman–Crippen LogP) is -0.557. The van der Waals surface area contributed by atoms with Crippen molar-refractivity contribution in [3.63, 3.8) is 0 Å². The van der Waals surface area contributed by atoms with E-state index in [4.69, 9.17) is 0 Å². The van der Waals surface area contributed by atoms with Gasteiger partial charge in [-0.05, 0) is 6.42 Å². The van der Waals surface area contributed by atoms with Crippen LogP contribution in [0.25, 0.3) is 11.1 Å². The van der Waals surface area contributed by atoms with Crippen LogP contribution < -0.4 is 35.2 Å². The van der Waals surface area contributed by atoms with Crippen LogP contribution in [0.5, 0.6) is 0 Å². The molecule has 6 rings (SSSR count). The summed E-state index contributed by atoms with van der Waals surface area (Å²) < 4.78 is 0. The van der Waals surface area contributed by atoms with Crippen molar-refractivity contribution in [2.24, 2.45) is 0 Å². The van der Waals surface area contributed by atoms with E-state index >= 15 is 0 Å². The van der Waals surface area contributed by atoms with Crippen LogP contribution >= 0.6 is 0 Å². The molecule has 0 nitrogen and oxygen atoms in total. The minimum atomic E-state index is 0. The largest absolute Gasteiger partial charge is 4.00 e. The summed E-state index contributed by atoms with van der Waals surface area (Å²) in [6.07, 6.45) is 11.0. The maximum Gasteiger partial charge on any atom is 4.00 e. The Morgan fingerprint density at radius 3 is 1.79 bits per heavy atom. The first-order valence-corrected chi connectivity index (χ1v) is 11.8. The molecule has 0 heterocycles. The molecule has 0 aromatic heterocycles. The van der Waals surface area contributed by atoms with E-state index in [9.17, 15) is 0 Å². The maximum absolute atomic E-state index is 3.30. The van der Waals surface area contributed by atoms with Crippen LogP contribution in [0.15, 0.2) is 121 Å². The van der Waals surface area contributed by atoms with E-state index in [1.54, 1.807) is 0 Å². The zero-order valence-corrected chi connectivity index (χ0v) is 23.9. The summed E-state index contributed by atoms with van der Waals surface area (Å²) in [5, 5.41) is 2.90. The summed E-state index contributed by atoms with van der Waals surface area (Å²) in [7, 11) is 0.271. The monoisotopic (exact) mass is 573 g/mol. The van der Waals surface area contributed by atoms with Gasteiger partial charge in [-0.2, -0.15) is 35.9 Å². The molecule has 167 valence electrons. The van der Waals surface area contributed by atoms with Crippen molar-refractivity contribution in [3.05, 3.63) is 145 Å². The maximum atomic E-state index is 3.30. The van der Waals surface area contributed by atoms with E-state index in [1.165, 1.54) is 32.6 Å². The average molecular weight is 576 g/mol. The van der Waals surface area contributed by atoms with Crippen LogP contribution in [-0.2, 0) is 32.6 Å². The molecule has 0 bridgehead atoms. The molecule has 34 heavy (non-hydrogen) atoms. The minimum absolute atomic E-state index is 0. The van der Waals surface area contributed by atoms with Gasteiger partial charge >= 0.3 is 26.2 Å². The van der Waals surface area contributed by atoms with Crippen LogP contribution in [0.2, 0.25) is 0 Å². The van der Waals surface area contributed by atoms with Crippen molar-refractivity contribution in [3.8, 4) is 11.1 Å². The Morgan fingerprint density at radius 1 is 0.647 bits per heavy atom. The van der Waals surface area contributed by atoms with Gasteiger partial charge in [0.15, 0.2) is 0 Å². The Hall–Kier alpha value is -1.96. The fraction of sp³-hybridized carbons (Fsp3) is 0.0667. The summed E-state index contributed by atoms with van der Waals surface area (Å²) in [6, 6.07) is 39.4. The smallest absolute Gasteiger partial charge is 1.00 e. The molecule has 0 amide bonds. The van der Waals surface area contributed by atoms with Crippen molar-refractivity contribution < 1.29 is 51.0 Å². The number of benzene rings is 4. The van der Waals surface area contributed by atoms with Crippen molar-refractivity contribution in [1.82, 2.24) is 0 Å². The average Bonchev–Trinajstić information content (AvgIpc) is 3.53. The number of rotatable bonds is 2. The van der Waals surface area contributed by atoms with Gasteiger partial charge in [-0.15, -0.1) is 12.0 Å². The molecule has 0 fully saturated rings. The molecular formula is C30H25Cl2SiZr. The zero-order valence-electron chi connectivity index (χ0n) is 18.8. The first kappa shape index (κ1) is 30.1. The molecule has 0 unspecified atom stereocenters. The second kappa shape index (κ2) is 16.6. The first-order chi connectivity index (χ1) is 15.4. The number of hydrogen-bond donors (Lipinski definition) is 0. The van der Waals surface area contributed by atoms with E-state index < -0.39 is 0 Å². The molecule has 4 heteroatoms. The van der Waals surface area contributed by atoms with Crippen LogP contribution in [0.1, 0.15) is 17.5 Å². The molecular weight excluding hydrogens is 551 g/mol. The molecule has 2 aliphatic carbocycles. The van der Waals surface area contributed by atoms with Gasteiger partial charge in [-0.1, -0.05) is 106 Å². The Kier molecular flexibility index (Phi) is 14.7. The SMILES string of the molecule is [C-]1=CC=CC1.[Cl-].[Cl-].[Zr+4].[c-]1cccc2c1Cc1ccccc1-2.c1ccc([SiH]c2ccccc2)cc1. The number of halogens is 2. The molecule has 0 spiro atoms. The quantitative estimate of drug-likeness (QED) is 0.196. The third kappa shape index (κ3) is 9.01. The number of hydrogen-bond acceptors (Lipinski definition) is 0. The van der Waals surface area contributed by atoms with Crippen LogP contribution in [0, 0.1) is 12.1 Å². The minimum Gasteiger partial charge on any atom is -1.00 e. The molecule has 1 radical (unpaired) electrons. The van der Waals surface area contributed by atoms with Crippen molar-refractivity contribution in [2.75, 3.05) is 0 Å². The normalized spacial score (nSPS) is 11.1. The second-order valence-corrected chi connectivity index (χ2v) is 8.99. The standard InChI is InChI=1S/C13H9.C12H11Si.C5H5.2ClH.Zr/c1-3-7-12-10(5-1)9-11-6-2-4-8-13(11)12;1-3-7-11(8-4-1)13-12-9-5-2-6-10-12;1-2-4-5-3-1;;;/h1-5,7-8H,9H2;1-10,13H;1-3H,4H2;2*1H;/q-1;;-1;;;+4/p-2. The van der Waals surface area contributed by atoms with Gasteiger partial charge in [0, 0.05) is 0 Å². The summed E-state index contributed by atoms with van der Waals surface area (Å²) >= 11 is 0. The number of fused-ring (bicyclic) bond motifs is 3. The summed E-state index contributed by atoms with van der Waals surface area (Å²) in [4.78, 5) is 0. The molecule has 4 aromatic carbocycles. The number of allylic oxidation sites excluding steroid dienone is 4. The fourth-order valence-corrected chi connectivity index (χ4v) is 4.84. The van der Waals surface area contributed by atoms with Gasteiger partial charge in [0.2, 0.25) is 0 Å². The fourth-order valence-electron chi connectivity index (χ4n) is 3.63. The Bertz CT molecular complexity index is 1070. The van der Waals surface area contributed by atoms with E-state index in [1.807, 2.05) is 18.2 Å². The predicted molar refractivity (Wildman–Crippen MR) is 134 cm³/mol. The van der Waals surface area contributed by atoms with Gasteiger partial charge in [0.1, 0.15) is 9.52 Å². The first-order valence-electron chi connectivity index (χ1n) is 10.6. The molecule has 2 aliphatic rings. The van der Waals surface area contributed by atoms with Crippen molar-refractivity contribution >= 4 is 19.9 Å². The van der Waals surface area contributed by atoms with Crippen LogP contribution in [0.4, 0.5) is 0 Å². The summed E-state index contributed by atoms with van der Waals surface area (Å²) in [5.41, 5.74) is 5.51. The summed E-state index contributed by atoms with van der Waals surface area (Å²) in [5.74, 6) is 0. The summed E-state index contributed by atoms with van der Waals surface area (Å²) in [6.45, 7) is 0. The Morgan fingerprint density at radius 2 is 1.24 bits per heavy atom. The zero-order chi connectivity index (χ0) is 21.1. The third-order valence-electron chi connectivity index (χ3n) is 5.13. The van der Waals surface area contributed by atoms with Gasteiger partial charge in [-0.25, -0.2) is 12.2 Å². The molecule has 0 saturated heterocycles.